The summed E-state index contributed by atoms with van der Waals surface area (Å²) in [6.45, 7) is 2.89. The van der Waals surface area contributed by atoms with Crippen LogP contribution in [0.1, 0.15) is 18.2 Å². The zero-order valence-electron chi connectivity index (χ0n) is 13.2. The van der Waals surface area contributed by atoms with E-state index in [1.807, 2.05) is 6.07 Å². The zero-order valence-corrected chi connectivity index (χ0v) is 13.2. The van der Waals surface area contributed by atoms with E-state index in [1.54, 1.807) is 38.1 Å². The summed E-state index contributed by atoms with van der Waals surface area (Å²) in [5, 5.41) is 8.76. The average Bonchev–Trinajstić information content (AvgIpc) is 3.05. The van der Waals surface area contributed by atoms with Gasteiger partial charge >= 0.3 is 6.03 Å². The van der Waals surface area contributed by atoms with Crippen LogP contribution in [0.4, 0.5) is 10.6 Å². The first kappa shape index (κ1) is 15.7. The quantitative estimate of drug-likeness (QED) is 0.825. The molecule has 3 rings (SSSR count). The maximum atomic E-state index is 12.7. The van der Waals surface area contributed by atoms with Crippen LogP contribution in [0.5, 0.6) is 0 Å². The maximum Gasteiger partial charge on any atom is 0.325 e. The standard InChI is InChI=1S/C16H16N4O4/c1-10-8-12(19-24-10)17-13(21)9-20-14(22)16(2,18-15(20)23)11-6-4-3-5-7-11/h3-8H,9H2,1-2H3,(H,18,23)(H,17,19,21)/t16-/m0/s1. The van der Waals surface area contributed by atoms with E-state index in [1.165, 1.54) is 6.07 Å². The number of amides is 4. The van der Waals surface area contributed by atoms with Crippen LogP contribution < -0.4 is 10.6 Å². The second kappa shape index (κ2) is 5.80. The first-order valence-electron chi connectivity index (χ1n) is 7.33. The van der Waals surface area contributed by atoms with Crippen LogP contribution in [-0.2, 0) is 15.1 Å². The number of rotatable bonds is 4. The van der Waals surface area contributed by atoms with Crippen molar-refractivity contribution >= 4 is 23.7 Å². The summed E-state index contributed by atoms with van der Waals surface area (Å²) in [6.07, 6.45) is 0. The van der Waals surface area contributed by atoms with Gasteiger partial charge in [-0.05, 0) is 19.4 Å². The van der Waals surface area contributed by atoms with E-state index in [0.29, 0.717) is 11.3 Å². The lowest BCUT2D eigenvalue weighted by Crippen LogP contribution is -2.42. The van der Waals surface area contributed by atoms with Gasteiger partial charge in [-0.2, -0.15) is 0 Å². The molecule has 8 heteroatoms. The minimum absolute atomic E-state index is 0.232. The highest BCUT2D eigenvalue weighted by atomic mass is 16.5. The zero-order chi connectivity index (χ0) is 17.3. The molecular weight excluding hydrogens is 312 g/mol. The smallest absolute Gasteiger partial charge is 0.325 e. The molecule has 1 aromatic heterocycles. The number of anilines is 1. The fourth-order valence-corrected chi connectivity index (χ4v) is 2.56. The summed E-state index contributed by atoms with van der Waals surface area (Å²) in [5.74, 6) is -0.249. The molecular formula is C16H16N4O4. The third-order valence-corrected chi connectivity index (χ3v) is 3.82. The molecule has 0 unspecified atom stereocenters. The number of hydrogen-bond donors (Lipinski definition) is 2. The number of carbonyl (C=O) groups excluding carboxylic acids is 3. The number of nitrogens with one attached hydrogen (secondary N) is 2. The Morgan fingerprint density at radius 2 is 2.04 bits per heavy atom. The molecule has 1 atom stereocenters. The van der Waals surface area contributed by atoms with E-state index in [-0.39, 0.29) is 5.82 Å². The van der Waals surface area contributed by atoms with E-state index < -0.39 is 29.9 Å². The summed E-state index contributed by atoms with van der Waals surface area (Å²) in [4.78, 5) is 37.7. The second-order valence-electron chi connectivity index (χ2n) is 5.68. The number of hydrogen-bond acceptors (Lipinski definition) is 5. The van der Waals surface area contributed by atoms with Gasteiger partial charge in [0, 0.05) is 6.07 Å². The van der Waals surface area contributed by atoms with Crippen molar-refractivity contribution in [1.82, 2.24) is 15.4 Å². The van der Waals surface area contributed by atoms with E-state index in [2.05, 4.69) is 15.8 Å². The highest BCUT2D eigenvalue weighted by Crippen LogP contribution is 2.28. The summed E-state index contributed by atoms with van der Waals surface area (Å²) in [7, 11) is 0. The molecule has 0 bridgehead atoms. The number of aryl methyl sites for hydroxylation is 1. The van der Waals surface area contributed by atoms with Gasteiger partial charge in [0.15, 0.2) is 5.82 Å². The predicted molar refractivity (Wildman–Crippen MR) is 83.9 cm³/mol. The van der Waals surface area contributed by atoms with E-state index in [9.17, 15) is 14.4 Å². The van der Waals surface area contributed by atoms with Gasteiger partial charge in [0.05, 0.1) is 0 Å². The molecule has 1 aliphatic rings. The Morgan fingerprint density at radius 1 is 1.33 bits per heavy atom. The highest BCUT2D eigenvalue weighted by Gasteiger charge is 2.49. The van der Waals surface area contributed by atoms with Crippen molar-refractivity contribution in [3.63, 3.8) is 0 Å². The van der Waals surface area contributed by atoms with Gasteiger partial charge in [-0.1, -0.05) is 35.5 Å². The molecule has 124 valence electrons. The minimum atomic E-state index is -1.19. The van der Waals surface area contributed by atoms with Crippen LogP contribution in [0.15, 0.2) is 40.9 Å². The third kappa shape index (κ3) is 2.73. The molecule has 0 aliphatic carbocycles. The minimum Gasteiger partial charge on any atom is -0.360 e. The molecule has 1 fully saturated rings. The Kier molecular flexibility index (Phi) is 3.80. The molecule has 1 aromatic carbocycles. The molecule has 4 amide bonds. The fraction of sp³-hybridized carbons (Fsp3) is 0.250. The maximum absolute atomic E-state index is 12.7. The van der Waals surface area contributed by atoms with Crippen molar-refractivity contribution in [3.8, 4) is 0 Å². The molecule has 8 nitrogen and oxygen atoms in total. The molecule has 0 spiro atoms. The largest absolute Gasteiger partial charge is 0.360 e. The first-order chi connectivity index (χ1) is 11.4. The Hall–Kier alpha value is -3.16. The van der Waals surface area contributed by atoms with Crippen molar-refractivity contribution in [2.75, 3.05) is 11.9 Å². The lowest BCUT2D eigenvalue weighted by molar-refractivity contribution is -0.133. The van der Waals surface area contributed by atoms with Crippen molar-refractivity contribution in [1.29, 1.82) is 0 Å². The molecule has 2 heterocycles. The SMILES string of the molecule is Cc1cc(NC(=O)CN2C(=O)N[C@@](C)(c3ccccc3)C2=O)no1. The van der Waals surface area contributed by atoms with Gasteiger partial charge in [-0.25, -0.2) is 4.79 Å². The number of benzene rings is 1. The topological polar surface area (TPSA) is 105 Å². The van der Waals surface area contributed by atoms with Crippen LogP contribution in [0.2, 0.25) is 0 Å². The van der Waals surface area contributed by atoms with E-state index >= 15 is 0 Å². The van der Waals surface area contributed by atoms with Crippen LogP contribution in [0.25, 0.3) is 0 Å². The Balaban J connectivity index is 1.74. The molecule has 1 aliphatic heterocycles. The van der Waals surface area contributed by atoms with Crippen LogP contribution in [0.3, 0.4) is 0 Å². The lowest BCUT2D eigenvalue weighted by Gasteiger charge is -2.21. The second-order valence-corrected chi connectivity index (χ2v) is 5.68. The number of aromatic nitrogens is 1. The molecule has 24 heavy (non-hydrogen) atoms. The third-order valence-electron chi connectivity index (χ3n) is 3.82. The van der Waals surface area contributed by atoms with Crippen LogP contribution >= 0.6 is 0 Å². The van der Waals surface area contributed by atoms with Gasteiger partial charge in [-0.15, -0.1) is 0 Å². The summed E-state index contributed by atoms with van der Waals surface area (Å²) in [6, 6.07) is 9.81. The van der Waals surface area contributed by atoms with Gasteiger partial charge in [0.2, 0.25) is 5.91 Å². The number of urea groups is 1. The predicted octanol–water partition coefficient (Wildman–Crippen LogP) is 1.39. The molecule has 0 radical (unpaired) electrons. The van der Waals surface area contributed by atoms with Crippen molar-refractivity contribution < 1.29 is 18.9 Å². The van der Waals surface area contributed by atoms with Crippen LogP contribution in [0, 0.1) is 6.92 Å². The number of imide groups is 1. The summed E-state index contributed by atoms with van der Waals surface area (Å²) >= 11 is 0. The van der Waals surface area contributed by atoms with Gasteiger partial charge < -0.3 is 15.2 Å². The van der Waals surface area contributed by atoms with E-state index in [0.717, 1.165) is 4.90 Å². The van der Waals surface area contributed by atoms with Crippen LogP contribution in [-0.4, -0.2) is 34.4 Å². The summed E-state index contributed by atoms with van der Waals surface area (Å²) in [5.41, 5.74) is -0.540. The van der Waals surface area contributed by atoms with Crippen molar-refractivity contribution in [2.24, 2.45) is 0 Å². The molecule has 2 aromatic rings. The number of nitrogens with zero attached hydrogens (tertiary/aromatic N) is 2. The Morgan fingerprint density at radius 3 is 2.67 bits per heavy atom. The Labute approximate surface area is 137 Å². The number of carbonyl (C=O) groups is 3. The molecule has 1 saturated heterocycles. The normalized spacial score (nSPS) is 20.2. The Bertz CT molecular complexity index is 801. The monoisotopic (exact) mass is 328 g/mol. The van der Waals surface area contributed by atoms with Crippen molar-refractivity contribution in [3.05, 3.63) is 47.7 Å². The first-order valence-corrected chi connectivity index (χ1v) is 7.33. The van der Waals surface area contributed by atoms with Gasteiger partial charge in [0.25, 0.3) is 5.91 Å². The summed E-state index contributed by atoms with van der Waals surface area (Å²) < 4.78 is 4.84. The molecule has 0 saturated carbocycles. The average molecular weight is 328 g/mol. The molecule has 2 N–H and O–H groups in total. The lowest BCUT2D eigenvalue weighted by atomic mass is 9.92. The van der Waals surface area contributed by atoms with Crippen molar-refractivity contribution in [2.45, 2.75) is 19.4 Å². The van der Waals surface area contributed by atoms with Gasteiger partial charge in [-0.3, -0.25) is 14.5 Å². The van der Waals surface area contributed by atoms with E-state index in [4.69, 9.17) is 4.52 Å². The highest BCUT2D eigenvalue weighted by molar-refractivity contribution is 6.10. The van der Waals surface area contributed by atoms with Gasteiger partial charge in [0.1, 0.15) is 17.8 Å². The fourth-order valence-electron chi connectivity index (χ4n) is 2.56.